The van der Waals surface area contributed by atoms with Crippen LogP contribution in [0.5, 0.6) is 5.75 Å². The molecule has 1 fully saturated rings. The summed E-state index contributed by atoms with van der Waals surface area (Å²) in [6, 6.07) is 8.06. The van der Waals surface area contributed by atoms with Crippen LogP contribution in [-0.4, -0.2) is 42.8 Å². The van der Waals surface area contributed by atoms with Crippen molar-refractivity contribution in [3.8, 4) is 17.1 Å². The number of aromatic nitrogens is 2. The maximum Gasteiger partial charge on any atom is 0.324 e. The van der Waals surface area contributed by atoms with Crippen molar-refractivity contribution in [2.24, 2.45) is 11.8 Å². The number of ether oxygens (including phenoxy) is 1. The fourth-order valence-electron chi connectivity index (χ4n) is 3.16. The van der Waals surface area contributed by atoms with E-state index in [-0.39, 0.29) is 11.8 Å². The van der Waals surface area contributed by atoms with E-state index in [1.165, 1.54) is 0 Å². The molecule has 27 heavy (non-hydrogen) atoms. The van der Waals surface area contributed by atoms with Crippen LogP contribution in [0.2, 0.25) is 0 Å². The molecule has 0 bridgehead atoms. The summed E-state index contributed by atoms with van der Waals surface area (Å²) in [6.07, 6.45) is 2.61. The molecule has 1 N–H and O–H groups in total. The maximum atomic E-state index is 12.3. The average molecular weight is 372 g/mol. The zero-order chi connectivity index (χ0) is 19.2. The minimum absolute atomic E-state index is 0.0670. The van der Waals surface area contributed by atoms with Crippen LogP contribution in [0.3, 0.4) is 0 Å². The van der Waals surface area contributed by atoms with Crippen LogP contribution in [-0.2, 0) is 4.79 Å². The fourth-order valence-corrected chi connectivity index (χ4v) is 3.16. The van der Waals surface area contributed by atoms with Crippen molar-refractivity contribution in [2.75, 3.05) is 31.6 Å². The van der Waals surface area contributed by atoms with Crippen molar-refractivity contribution >= 4 is 11.9 Å². The van der Waals surface area contributed by atoms with Crippen molar-refractivity contribution in [2.45, 2.75) is 33.1 Å². The van der Waals surface area contributed by atoms with Crippen LogP contribution in [0.15, 0.2) is 28.8 Å². The van der Waals surface area contributed by atoms with Gasteiger partial charge in [-0.25, -0.2) is 0 Å². The van der Waals surface area contributed by atoms with Gasteiger partial charge in [0, 0.05) is 31.1 Å². The lowest BCUT2D eigenvalue weighted by Gasteiger charge is -2.29. The Labute approximate surface area is 160 Å². The maximum absolute atomic E-state index is 12.3. The highest BCUT2D eigenvalue weighted by Crippen LogP contribution is 2.25. The van der Waals surface area contributed by atoms with E-state index in [9.17, 15) is 4.79 Å². The first-order chi connectivity index (χ1) is 13.1. The first-order valence-corrected chi connectivity index (χ1v) is 9.57. The molecule has 1 aliphatic heterocycles. The van der Waals surface area contributed by atoms with Gasteiger partial charge in [0.05, 0.1) is 7.11 Å². The van der Waals surface area contributed by atoms with Crippen LogP contribution in [0.25, 0.3) is 11.4 Å². The third-order valence-electron chi connectivity index (χ3n) is 4.92. The Morgan fingerprint density at radius 1 is 1.30 bits per heavy atom. The lowest BCUT2D eigenvalue weighted by Crippen LogP contribution is -2.41. The second-order valence-corrected chi connectivity index (χ2v) is 7.36. The van der Waals surface area contributed by atoms with Gasteiger partial charge >= 0.3 is 6.01 Å². The second-order valence-electron chi connectivity index (χ2n) is 7.36. The number of nitrogens with zero attached hydrogens (tertiary/aromatic N) is 3. The number of hydrogen-bond donors (Lipinski definition) is 1. The summed E-state index contributed by atoms with van der Waals surface area (Å²) < 4.78 is 10.6. The Bertz CT molecular complexity index is 734. The Kier molecular flexibility index (Phi) is 6.32. The van der Waals surface area contributed by atoms with Gasteiger partial charge in [0.15, 0.2) is 0 Å². The van der Waals surface area contributed by atoms with Crippen LogP contribution < -0.4 is 15.0 Å². The molecule has 2 heterocycles. The molecule has 1 aliphatic rings. The summed E-state index contributed by atoms with van der Waals surface area (Å²) in [5.74, 6) is 2.18. The monoisotopic (exact) mass is 372 g/mol. The smallest absolute Gasteiger partial charge is 0.324 e. The van der Waals surface area contributed by atoms with Gasteiger partial charge in [-0.2, -0.15) is 4.98 Å². The Hall–Kier alpha value is -2.57. The van der Waals surface area contributed by atoms with Gasteiger partial charge in [0.25, 0.3) is 0 Å². The second kappa shape index (κ2) is 8.88. The van der Waals surface area contributed by atoms with Gasteiger partial charge in [-0.1, -0.05) is 19.0 Å². The standard InChI is InChI=1S/C20H28N4O3/c1-14(2)8-11-21-19(25)16-9-12-24(13-10-16)20-22-18(23-27-20)15-4-6-17(26-3)7-5-15/h4-7,14,16H,8-13H2,1-3H3,(H,21,25). The number of anilines is 1. The highest BCUT2D eigenvalue weighted by molar-refractivity contribution is 5.78. The first kappa shape index (κ1) is 19.2. The number of rotatable bonds is 7. The number of hydrogen-bond acceptors (Lipinski definition) is 6. The van der Waals surface area contributed by atoms with Crippen LogP contribution in [0.4, 0.5) is 6.01 Å². The summed E-state index contributed by atoms with van der Waals surface area (Å²) in [6.45, 7) is 6.56. The molecule has 1 saturated heterocycles. The lowest BCUT2D eigenvalue weighted by atomic mass is 9.96. The molecule has 1 aromatic carbocycles. The zero-order valence-electron chi connectivity index (χ0n) is 16.3. The van der Waals surface area contributed by atoms with E-state index < -0.39 is 0 Å². The SMILES string of the molecule is COc1ccc(-c2noc(N3CCC(C(=O)NCCC(C)C)CC3)n2)cc1. The lowest BCUT2D eigenvalue weighted by molar-refractivity contribution is -0.125. The van der Waals surface area contributed by atoms with Crippen LogP contribution in [0, 0.1) is 11.8 Å². The molecule has 146 valence electrons. The van der Waals surface area contributed by atoms with Crippen molar-refractivity contribution in [3.63, 3.8) is 0 Å². The third-order valence-corrected chi connectivity index (χ3v) is 4.92. The van der Waals surface area contributed by atoms with Crippen molar-refractivity contribution in [1.82, 2.24) is 15.5 Å². The molecule has 0 spiro atoms. The van der Waals surface area contributed by atoms with Gasteiger partial charge in [-0.05, 0) is 49.4 Å². The predicted molar refractivity (Wildman–Crippen MR) is 104 cm³/mol. The number of amides is 1. The number of piperidine rings is 1. The number of carbonyl (C=O) groups excluding carboxylic acids is 1. The zero-order valence-corrected chi connectivity index (χ0v) is 16.3. The summed E-state index contributed by atoms with van der Waals surface area (Å²) >= 11 is 0. The Morgan fingerprint density at radius 3 is 2.63 bits per heavy atom. The van der Waals surface area contributed by atoms with Gasteiger partial charge in [-0.3, -0.25) is 4.79 Å². The number of methoxy groups -OCH3 is 1. The molecule has 0 unspecified atom stereocenters. The molecule has 0 saturated carbocycles. The van der Waals surface area contributed by atoms with Crippen molar-refractivity contribution < 1.29 is 14.1 Å². The van der Waals surface area contributed by atoms with Crippen molar-refractivity contribution in [1.29, 1.82) is 0 Å². The van der Waals surface area contributed by atoms with Gasteiger partial charge in [0.2, 0.25) is 11.7 Å². The topological polar surface area (TPSA) is 80.5 Å². The van der Waals surface area contributed by atoms with Gasteiger partial charge in [-0.15, -0.1) is 0 Å². The predicted octanol–water partition coefficient (Wildman–Crippen LogP) is 3.12. The van der Waals surface area contributed by atoms with Gasteiger partial charge in [0.1, 0.15) is 5.75 Å². The minimum Gasteiger partial charge on any atom is -0.497 e. The first-order valence-electron chi connectivity index (χ1n) is 9.57. The summed E-state index contributed by atoms with van der Waals surface area (Å²) in [7, 11) is 1.63. The Balaban J connectivity index is 1.52. The van der Waals surface area contributed by atoms with E-state index in [2.05, 4.69) is 34.2 Å². The summed E-state index contributed by atoms with van der Waals surface area (Å²) in [5, 5.41) is 7.13. The molecule has 1 amide bonds. The normalized spacial score (nSPS) is 15.2. The van der Waals surface area contributed by atoms with Crippen LogP contribution >= 0.6 is 0 Å². The van der Waals surface area contributed by atoms with E-state index >= 15 is 0 Å². The molecular weight excluding hydrogens is 344 g/mol. The molecule has 1 aromatic heterocycles. The highest BCUT2D eigenvalue weighted by atomic mass is 16.5. The molecular formula is C20H28N4O3. The largest absolute Gasteiger partial charge is 0.497 e. The summed E-state index contributed by atoms with van der Waals surface area (Å²) in [4.78, 5) is 18.8. The molecule has 7 heteroatoms. The van der Waals surface area contributed by atoms with E-state index in [1.807, 2.05) is 24.3 Å². The molecule has 7 nitrogen and oxygen atoms in total. The molecule has 3 rings (SSSR count). The number of benzene rings is 1. The Morgan fingerprint density at radius 2 is 2.00 bits per heavy atom. The number of carbonyl (C=O) groups is 1. The van der Waals surface area contributed by atoms with Crippen LogP contribution in [0.1, 0.15) is 33.1 Å². The van der Waals surface area contributed by atoms with E-state index in [1.54, 1.807) is 7.11 Å². The molecule has 2 aromatic rings. The number of nitrogens with one attached hydrogen (secondary N) is 1. The molecule has 0 atom stereocenters. The van der Waals surface area contributed by atoms with E-state index in [4.69, 9.17) is 9.26 Å². The third kappa shape index (κ3) is 4.99. The molecule has 0 radical (unpaired) electrons. The van der Waals surface area contributed by atoms with Gasteiger partial charge < -0.3 is 19.5 Å². The highest BCUT2D eigenvalue weighted by Gasteiger charge is 2.27. The minimum atomic E-state index is 0.0670. The van der Waals surface area contributed by atoms with E-state index in [0.717, 1.165) is 50.2 Å². The average Bonchev–Trinajstić information content (AvgIpc) is 3.18. The molecule has 0 aliphatic carbocycles. The van der Waals surface area contributed by atoms with Crippen molar-refractivity contribution in [3.05, 3.63) is 24.3 Å². The van der Waals surface area contributed by atoms with E-state index in [0.29, 0.717) is 17.8 Å². The summed E-state index contributed by atoms with van der Waals surface area (Å²) in [5.41, 5.74) is 0.880. The quantitative estimate of drug-likeness (QED) is 0.804. The fraction of sp³-hybridized carbons (Fsp3) is 0.550.